The SMILES string of the molecule is Cc1cc(I)cc(C(=O)N=S(C)(=O)c2ccccc2)c1. The molecule has 0 aromatic heterocycles. The molecule has 0 saturated heterocycles. The number of hydrogen-bond acceptors (Lipinski definition) is 2. The van der Waals surface area contributed by atoms with Crippen molar-refractivity contribution < 1.29 is 9.00 Å². The molecule has 0 radical (unpaired) electrons. The highest BCUT2D eigenvalue weighted by molar-refractivity contribution is 14.1. The second-order valence-electron chi connectivity index (χ2n) is 4.53. The third-order valence-electron chi connectivity index (χ3n) is 2.73. The lowest BCUT2D eigenvalue weighted by atomic mass is 10.1. The van der Waals surface area contributed by atoms with Gasteiger partial charge in [-0.1, -0.05) is 18.2 Å². The molecule has 0 N–H and O–H groups in total. The van der Waals surface area contributed by atoms with Gasteiger partial charge in [-0.2, -0.15) is 4.36 Å². The average Bonchev–Trinajstić information content (AvgIpc) is 2.38. The lowest BCUT2D eigenvalue weighted by Gasteiger charge is -2.04. The van der Waals surface area contributed by atoms with Gasteiger partial charge in [0.2, 0.25) is 0 Å². The first kappa shape index (κ1) is 15.2. The van der Waals surface area contributed by atoms with Crippen LogP contribution in [0.2, 0.25) is 0 Å². The first-order valence-electron chi connectivity index (χ1n) is 5.97. The summed E-state index contributed by atoms with van der Waals surface area (Å²) in [6, 6.07) is 14.3. The van der Waals surface area contributed by atoms with E-state index in [2.05, 4.69) is 27.0 Å². The largest absolute Gasteiger partial charge is 0.285 e. The van der Waals surface area contributed by atoms with E-state index < -0.39 is 15.6 Å². The molecule has 1 atom stereocenters. The fourth-order valence-electron chi connectivity index (χ4n) is 1.80. The Morgan fingerprint density at radius 2 is 1.80 bits per heavy atom. The smallest absolute Gasteiger partial charge is 0.266 e. The van der Waals surface area contributed by atoms with Gasteiger partial charge >= 0.3 is 0 Å². The molecule has 20 heavy (non-hydrogen) atoms. The summed E-state index contributed by atoms with van der Waals surface area (Å²) < 4.78 is 17.4. The molecule has 2 aromatic carbocycles. The van der Waals surface area contributed by atoms with E-state index in [9.17, 15) is 9.00 Å². The van der Waals surface area contributed by atoms with Crippen LogP contribution in [0.5, 0.6) is 0 Å². The van der Waals surface area contributed by atoms with Crippen LogP contribution in [0.15, 0.2) is 57.8 Å². The molecule has 0 aliphatic carbocycles. The summed E-state index contributed by atoms with van der Waals surface area (Å²) in [6.07, 6.45) is 1.49. The summed E-state index contributed by atoms with van der Waals surface area (Å²) in [4.78, 5) is 12.8. The molecule has 0 aliphatic rings. The number of halogens is 1. The fourth-order valence-corrected chi connectivity index (χ4v) is 3.81. The Morgan fingerprint density at radius 1 is 1.15 bits per heavy atom. The van der Waals surface area contributed by atoms with Gasteiger partial charge < -0.3 is 0 Å². The van der Waals surface area contributed by atoms with Crippen LogP contribution in [-0.2, 0) is 9.73 Å². The number of aryl methyl sites for hydroxylation is 1. The molecule has 2 rings (SSSR count). The standard InChI is InChI=1S/C15H14INO2S/c1-11-8-12(10-13(16)9-11)15(18)17-20(2,19)14-6-4-3-5-7-14/h3-10H,1-2H3. The molecule has 0 fully saturated rings. The van der Waals surface area contributed by atoms with Crippen molar-refractivity contribution in [3.8, 4) is 0 Å². The summed E-state index contributed by atoms with van der Waals surface area (Å²) in [6.45, 7) is 1.92. The zero-order chi connectivity index (χ0) is 14.8. The van der Waals surface area contributed by atoms with Gasteiger partial charge in [-0.05, 0) is 65.4 Å². The van der Waals surface area contributed by atoms with Crippen LogP contribution in [-0.4, -0.2) is 16.4 Å². The first-order valence-corrected chi connectivity index (χ1v) is 8.97. The second-order valence-corrected chi connectivity index (χ2v) is 8.03. The van der Waals surface area contributed by atoms with Gasteiger partial charge in [-0.25, -0.2) is 4.21 Å². The first-order chi connectivity index (χ1) is 9.38. The Kier molecular flexibility index (Phi) is 4.59. The maximum absolute atomic E-state index is 12.6. The second kappa shape index (κ2) is 6.05. The molecular formula is C15H14INO2S. The maximum Gasteiger partial charge on any atom is 0.285 e. The summed E-state index contributed by atoms with van der Waals surface area (Å²) in [5, 5.41) is 0. The molecule has 0 aliphatic heterocycles. The molecular weight excluding hydrogens is 385 g/mol. The zero-order valence-corrected chi connectivity index (χ0v) is 14.1. The van der Waals surface area contributed by atoms with Crippen LogP contribution in [0, 0.1) is 10.5 Å². The minimum Gasteiger partial charge on any atom is -0.266 e. The molecule has 0 bridgehead atoms. The van der Waals surface area contributed by atoms with Crippen molar-refractivity contribution >= 4 is 38.2 Å². The van der Waals surface area contributed by atoms with Crippen molar-refractivity contribution in [2.45, 2.75) is 11.8 Å². The lowest BCUT2D eigenvalue weighted by Crippen LogP contribution is -2.04. The van der Waals surface area contributed by atoms with Gasteiger partial charge in [0, 0.05) is 20.3 Å². The highest BCUT2D eigenvalue weighted by Gasteiger charge is 2.11. The molecule has 3 nitrogen and oxygen atoms in total. The van der Waals surface area contributed by atoms with Gasteiger partial charge in [-0.15, -0.1) is 0 Å². The number of benzene rings is 2. The molecule has 0 spiro atoms. The van der Waals surface area contributed by atoms with Crippen molar-refractivity contribution in [2.24, 2.45) is 4.36 Å². The van der Waals surface area contributed by atoms with E-state index in [0.29, 0.717) is 10.5 Å². The Balaban J connectivity index is 2.44. The zero-order valence-electron chi connectivity index (χ0n) is 11.2. The van der Waals surface area contributed by atoms with E-state index in [1.54, 1.807) is 36.4 Å². The Bertz CT molecular complexity index is 742. The van der Waals surface area contributed by atoms with Crippen molar-refractivity contribution in [3.05, 3.63) is 63.2 Å². The number of amides is 1. The number of carbonyl (C=O) groups is 1. The molecule has 0 saturated carbocycles. The molecule has 0 heterocycles. The summed E-state index contributed by atoms with van der Waals surface area (Å²) in [5.74, 6) is -0.442. The number of rotatable bonds is 2. The van der Waals surface area contributed by atoms with Crippen LogP contribution >= 0.6 is 22.6 Å². The fraction of sp³-hybridized carbons (Fsp3) is 0.133. The quantitative estimate of drug-likeness (QED) is 0.720. The predicted octanol–water partition coefficient (Wildman–Crippen LogP) is 3.90. The van der Waals surface area contributed by atoms with Gasteiger partial charge in [0.05, 0.1) is 9.73 Å². The molecule has 5 heteroatoms. The van der Waals surface area contributed by atoms with E-state index in [-0.39, 0.29) is 0 Å². The van der Waals surface area contributed by atoms with Crippen molar-refractivity contribution in [1.29, 1.82) is 0 Å². The predicted molar refractivity (Wildman–Crippen MR) is 89.4 cm³/mol. The lowest BCUT2D eigenvalue weighted by molar-refractivity contribution is 0.100. The normalized spacial score (nSPS) is 13.6. The Labute approximate surface area is 132 Å². The van der Waals surface area contributed by atoms with Crippen LogP contribution in [0.4, 0.5) is 0 Å². The molecule has 2 aromatic rings. The maximum atomic E-state index is 12.6. The van der Waals surface area contributed by atoms with Crippen LogP contribution in [0.3, 0.4) is 0 Å². The van der Waals surface area contributed by atoms with E-state index in [1.165, 1.54) is 6.26 Å². The Hall–Kier alpha value is -1.21. The monoisotopic (exact) mass is 399 g/mol. The van der Waals surface area contributed by atoms with E-state index in [0.717, 1.165) is 9.13 Å². The van der Waals surface area contributed by atoms with Gasteiger partial charge in [0.1, 0.15) is 0 Å². The summed E-state index contributed by atoms with van der Waals surface area (Å²) in [7, 11) is -2.71. The van der Waals surface area contributed by atoms with Gasteiger partial charge in [-0.3, -0.25) is 4.79 Å². The van der Waals surface area contributed by atoms with Crippen molar-refractivity contribution in [2.75, 3.05) is 6.26 Å². The average molecular weight is 399 g/mol. The summed E-state index contributed by atoms with van der Waals surface area (Å²) >= 11 is 2.15. The Morgan fingerprint density at radius 3 is 2.40 bits per heavy atom. The van der Waals surface area contributed by atoms with Crippen molar-refractivity contribution in [1.82, 2.24) is 0 Å². The minimum absolute atomic E-state index is 0.442. The topological polar surface area (TPSA) is 46.5 Å². The van der Waals surface area contributed by atoms with E-state index in [4.69, 9.17) is 0 Å². The van der Waals surface area contributed by atoms with E-state index in [1.807, 2.05) is 19.1 Å². The summed E-state index contributed by atoms with van der Waals surface area (Å²) in [5.41, 5.74) is 1.46. The van der Waals surface area contributed by atoms with Crippen LogP contribution in [0.1, 0.15) is 15.9 Å². The minimum atomic E-state index is -2.71. The van der Waals surface area contributed by atoms with Crippen LogP contribution in [0.25, 0.3) is 0 Å². The molecule has 104 valence electrons. The number of nitrogens with zero attached hydrogens (tertiary/aromatic N) is 1. The van der Waals surface area contributed by atoms with Gasteiger partial charge in [0.15, 0.2) is 0 Å². The van der Waals surface area contributed by atoms with Crippen LogP contribution < -0.4 is 0 Å². The van der Waals surface area contributed by atoms with Crippen molar-refractivity contribution in [3.63, 3.8) is 0 Å². The third kappa shape index (κ3) is 3.67. The third-order valence-corrected chi connectivity index (χ3v) is 5.01. The number of hydrogen-bond donors (Lipinski definition) is 0. The molecule has 1 unspecified atom stereocenters. The van der Waals surface area contributed by atoms with E-state index >= 15 is 0 Å². The highest BCUT2D eigenvalue weighted by atomic mass is 127. The van der Waals surface area contributed by atoms with Gasteiger partial charge in [0.25, 0.3) is 5.91 Å². The highest BCUT2D eigenvalue weighted by Crippen LogP contribution is 2.16. The number of carbonyl (C=O) groups excluding carboxylic acids is 1. The molecule has 1 amide bonds.